The topological polar surface area (TPSA) is 54.0 Å². The maximum Gasteiger partial charge on any atom is 0.255 e. The van der Waals surface area contributed by atoms with Crippen LogP contribution in [0.4, 0.5) is 15.9 Å². The number of halogens is 1. The van der Waals surface area contributed by atoms with Crippen molar-refractivity contribution in [3.63, 3.8) is 0 Å². The van der Waals surface area contributed by atoms with Crippen molar-refractivity contribution in [2.24, 2.45) is 0 Å². The molecule has 0 saturated carbocycles. The molecule has 0 aliphatic heterocycles. The highest BCUT2D eigenvalue weighted by Crippen LogP contribution is 2.12. The number of benzene rings is 1. The van der Waals surface area contributed by atoms with E-state index < -0.39 is 5.82 Å². The minimum Gasteiger partial charge on any atom is -0.368 e. The Balaban J connectivity index is 2.04. The average Bonchev–Trinajstić information content (AvgIpc) is 2.40. The molecule has 0 aliphatic rings. The van der Waals surface area contributed by atoms with E-state index in [1.54, 1.807) is 24.4 Å². The van der Waals surface area contributed by atoms with Crippen LogP contribution in [0.5, 0.6) is 0 Å². The number of hydrogen-bond donors (Lipinski definition) is 2. The van der Waals surface area contributed by atoms with Crippen LogP contribution in [-0.2, 0) is 0 Å². The summed E-state index contributed by atoms with van der Waals surface area (Å²) in [7, 11) is 0. The zero-order chi connectivity index (χ0) is 14.5. The minimum absolute atomic E-state index is 0.273. The van der Waals surface area contributed by atoms with Gasteiger partial charge in [0.25, 0.3) is 5.91 Å². The number of hydrogen-bond acceptors (Lipinski definition) is 3. The van der Waals surface area contributed by atoms with Crippen molar-refractivity contribution >= 4 is 17.4 Å². The molecule has 2 rings (SSSR count). The predicted octanol–water partition coefficient (Wildman–Crippen LogP) is 3.29. The molecule has 1 heterocycles. The summed E-state index contributed by atoms with van der Waals surface area (Å²) in [6.07, 6.45) is 1.56. The second kappa shape index (κ2) is 6.14. The van der Waals surface area contributed by atoms with Crippen LogP contribution in [0.1, 0.15) is 24.2 Å². The number of aromatic nitrogens is 1. The molecule has 5 heteroatoms. The van der Waals surface area contributed by atoms with Crippen molar-refractivity contribution in [3.05, 3.63) is 54.0 Å². The largest absolute Gasteiger partial charge is 0.368 e. The molecule has 1 aromatic carbocycles. The fourth-order valence-electron chi connectivity index (χ4n) is 1.68. The molecule has 0 bridgehead atoms. The van der Waals surface area contributed by atoms with Gasteiger partial charge in [-0.3, -0.25) is 4.79 Å². The van der Waals surface area contributed by atoms with Crippen LogP contribution in [0, 0.1) is 5.82 Å². The standard InChI is InChI=1S/C15H16FN3O/c1-10(2)18-14-7-6-13(9-17-14)19-15(20)11-4-3-5-12(16)8-11/h3-10H,1-2H3,(H,17,18)(H,19,20). The van der Waals surface area contributed by atoms with Crippen molar-refractivity contribution in [3.8, 4) is 0 Å². The third kappa shape index (κ3) is 3.78. The van der Waals surface area contributed by atoms with Gasteiger partial charge in [0, 0.05) is 11.6 Å². The highest BCUT2D eigenvalue weighted by atomic mass is 19.1. The molecule has 2 aromatic rings. The summed E-state index contributed by atoms with van der Waals surface area (Å²) in [6.45, 7) is 4.03. The Labute approximate surface area is 117 Å². The van der Waals surface area contributed by atoms with Gasteiger partial charge in [0.2, 0.25) is 0 Å². The normalized spacial score (nSPS) is 10.4. The van der Waals surface area contributed by atoms with E-state index in [4.69, 9.17) is 0 Å². The number of carbonyl (C=O) groups excluding carboxylic acids is 1. The molecular weight excluding hydrogens is 257 g/mol. The molecule has 0 fully saturated rings. The molecule has 2 N–H and O–H groups in total. The van der Waals surface area contributed by atoms with Crippen molar-refractivity contribution in [2.75, 3.05) is 10.6 Å². The fourth-order valence-corrected chi connectivity index (χ4v) is 1.68. The first-order valence-corrected chi connectivity index (χ1v) is 6.34. The molecule has 0 saturated heterocycles. The van der Waals surface area contributed by atoms with E-state index in [0.717, 1.165) is 5.82 Å². The minimum atomic E-state index is -0.438. The summed E-state index contributed by atoms with van der Waals surface area (Å²) in [5.41, 5.74) is 0.836. The van der Waals surface area contributed by atoms with Crippen LogP contribution in [-0.4, -0.2) is 16.9 Å². The highest BCUT2D eigenvalue weighted by molar-refractivity contribution is 6.04. The number of pyridine rings is 1. The van der Waals surface area contributed by atoms with Crippen molar-refractivity contribution in [1.82, 2.24) is 4.98 Å². The van der Waals surface area contributed by atoms with E-state index in [1.807, 2.05) is 13.8 Å². The molecule has 0 aliphatic carbocycles. The molecule has 0 spiro atoms. The van der Waals surface area contributed by atoms with Gasteiger partial charge in [-0.25, -0.2) is 9.37 Å². The third-order valence-corrected chi connectivity index (χ3v) is 2.54. The van der Waals surface area contributed by atoms with E-state index in [-0.39, 0.29) is 17.5 Å². The van der Waals surface area contributed by atoms with E-state index in [2.05, 4.69) is 15.6 Å². The van der Waals surface area contributed by atoms with Gasteiger partial charge in [-0.1, -0.05) is 6.07 Å². The van der Waals surface area contributed by atoms with Gasteiger partial charge in [0.05, 0.1) is 11.9 Å². The molecule has 0 atom stereocenters. The quantitative estimate of drug-likeness (QED) is 0.898. The number of anilines is 2. The Morgan fingerprint density at radius 2 is 2.05 bits per heavy atom. The molecular formula is C15H16FN3O. The summed E-state index contributed by atoms with van der Waals surface area (Å²) < 4.78 is 13.0. The first-order chi connectivity index (χ1) is 9.54. The van der Waals surface area contributed by atoms with E-state index >= 15 is 0 Å². The second-order valence-corrected chi connectivity index (χ2v) is 4.70. The first kappa shape index (κ1) is 14.0. The summed E-state index contributed by atoms with van der Waals surface area (Å²) in [5.74, 6) is -0.0631. The number of carbonyl (C=O) groups is 1. The number of nitrogens with zero attached hydrogens (tertiary/aromatic N) is 1. The number of rotatable bonds is 4. The Hall–Kier alpha value is -2.43. The Morgan fingerprint density at radius 1 is 1.25 bits per heavy atom. The Bertz CT molecular complexity index is 596. The lowest BCUT2D eigenvalue weighted by atomic mass is 10.2. The summed E-state index contributed by atoms with van der Waals surface area (Å²) in [4.78, 5) is 16.1. The molecule has 1 amide bonds. The highest BCUT2D eigenvalue weighted by Gasteiger charge is 2.07. The van der Waals surface area contributed by atoms with Crippen LogP contribution < -0.4 is 10.6 Å². The van der Waals surface area contributed by atoms with Crippen LogP contribution in [0.2, 0.25) is 0 Å². The maximum absolute atomic E-state index is 13.0. The van der Waals surface area contributed by atoms with Gasteiger partial charge in [-0.15, -0.1) is 0 Å². The lowest BCUT2D eigenvalue weighted by Crippen LogP contribution is -2.13. The van der Waals surface area contributed by atoms with E-state index in [1.165, 1.54) is 18.2 Å². The van der Waals surface area contributed by atoms with Gasteiger partial charge in [0.15, 0.2) is 0 Å². The van der Waals surface area contributed by atoms with Gasteiger partial charge in [0.1, 0.15) is 11.6 Å². The van der Waals surface area contributed by atoms with E-state index in [9.17, 15) is 9.18 Å². The van der Waals surface area contributed by atoms with Crippen LogP contribution in [0.3, 0.4) is 0 Å². The molecule has 4 nitrogen and oxygen atoms in total. The Kier molecular flexibility index (Phi) is 4.30. The smallest absolute Gasteiger partial charge is 0.255 e. The van der Waals surface area contributed by atoms with Crippen LogP contribution in [0.15, 0.2) is 42.6 Å². The molecule has 0 radical (unpaired) electrons. The summed E-state index contributed by atoms with van der Waals surface area (Å²) >= 11 is 0. The summed E-state index contributed by atoms with van der Waals surface area (Å²) in [5, 5.41) is 5.82. The van der Waals surface area contributed by atoms with Gasteiger partial charge in [-0.05, 0) is 44.2 Å². The average molecular weight is 273 g/mol. The molecule has 0 unspecified atom stereocenters. The second-order valence-electron chi connectivity index (χ2n) is 4.70. The molecule has 20 heavy (non-hydrogen) atoms. The summed E-state index contributed by atoms with van der Waals surface area (Å²) in [6, 6.07) is 9.35. The zero-order valence-electron chi connectivity index (χ0n) is 11.4. The van der Waals surface area contributed by atoms with Crippen molar-refractivity contribution in [2.45, 2.75) is 19.9 Å². The lowest BCUT2D eigenvalue weighted by molar-refractivity contribution is 0.102. The molecule has 1 aromatic heterocycles. The van der Waals surface area contributed by atoms with Crippen molar-refractivity contribution in [1.29, 1.82) is 0 Å². The van der Waals surface area contributed by atoms with Gasteiger partial charge >= 0.3 is 0 Å². The maximum atomic E-state index is 13.0. The fraction of sp³-hybridized carbons (Fsp3) is 0.200. The monoisotopic (exact) mass is 273 g/mol. The SMILES string of the molecule is CC(C)Nc1ccc(NC(=O)c2cccc(F)c2)cn1. The number of amides is 1. The Morgan fingerprint density at radius 3 is 2.65 bits per heavy atom. The van der Waals surface area contributed by atoms with Crippen molar-refractivity contribution < 1.29 is 9.18 Å². The number of nitrogens with one attached hydrogen (secondary N) is 2. The van der Waals surface area contributed by atoms with Gasteiger partial charge < -0.3 is 10.6 Å². The molecule has 104 valence electrons. The third-order valence-electron chi connectivity index (χ3n) is 2.54. The predicted molar refractivity (Wildman–Crippen MR) is 77.3 cm³/mol. The van der Waals surface area contributed by atoms with Crippen LogP contribution >= 0.6 is 0 Å². The lowest BCUT2D eigenvalue weighted by Gasteiger charge is -2.10. The van der Waals surface area contributed by atoms with E-state index in [0.29, 0.717) is 5.69 Å². The van der Waals surface area contributed by atoms with Crippen LogP contribution in [0.25, 0.3) is 0 Å². The zero-order valence-corrected chi connectivity index (χ0v) is 11.4. The first-order valence-electron chi connectivity index (χ1n) is 6.34. The van der Waals surface area contributed by atoms with Gasteiger partial charge in [-0.2, -0.15) is 0 Å².